The molecule has 0 aliphatic carbocycles. The zero-order valence-corrected chi connectivity index (χ0v) is 15.8. The van der Waals surface area contributed by atoms with Gasteiger partial charge in [-0.15, -0.1) is 0 Å². The van der Waals surface area contributed by atoms with E-state index >= 15 is 0 Å². The molecule has 144 valence electrons. The van der Waals surface area contributed by atoms with Crippen molar-refractivity contribution < 1.29 is 19.5 Å². The van der Waals surface area contributed by atoms with Gasteiger partial charge in [-0.3, -0.25) is 9.59 Å². The molecule has 2 N–H and O–H groups in total. The number of aliphatic carboxylic acids is 1. The summed E-state index contributed by atoms with van der Waals surface area (Å²) in [5.41, 5.74) is 0.522. The van der Waals surface area contributed by atoms with Gasteiger partial charge in [-0.25, -0.2) is 4.79 Å². The van der Waals surface area contributed by atoms with Crippen molar-refractivity contribution in [3.8, 4) is 0 Å². The summed E-state index contributed by atoms with van der Waals surface area (Å²) in [5.74, 6) is -1.47. The molecule has 0 saturated carbocycles. The second kappa shape index (κ2) is 9.71. The lowest BCUT2D eigenvalue weighted by Gasteiger charge is -2.18. The first kappa shape index (κ1) is 20.4. The highest BCUT2D eigenvalue weighted by molar-refractivity contribution is 5.88. The van der Waals surface area contributed by atoms with Gasteiger partial charge in [0.2, 0.25) is 11.8 Å². The van der Waals surface area contributed by atoms with Crippen molar-refractivity contribution in [1.82, 2.24) is 10.2 Å². The maximum absolute atomic E-state index is 12.2. The number of fused-ring (bicyclic) bond motifs is 1. The predicted octanol–water partition coefficient (Wildman–Crippen LogP) is 3.12. The number of carboxylic acids is 1. The summed E-state index contributed by atoms with van der Waals surface area (Å²) in [7, 11) is 0. The second-order valence-electron chi connectivity index (χ2n) is 6.36. The minimum absolute atomic E-state index is 0.0112. The van der Waals surface area contributed by atoms with Crippen LogP contribution in [-0.2, 0) is 14.4 Å². The summed E-state index contributed by atoms with van der Waals surface area (Å²) in [6.07, 6.45) is 0.790. The lowest BCUT2D eigenvalue weighted by atomic mass is 10.0. The Labute approximate surface area is 159 Å². The molecule has 6 nitrogen and oxygen atoms in total. The Morgan fingerprint density at radius 3 is 2.30 bits per heavy atom. The first-order chi connectivity index (χ1) is 13.0. The molecule has 0 spiro atoms. The normalized spacial score (nSPS) is 11.8. The third kappa shape index (κ3) is 5.54. The molecule has 0 heterocycles. The van der Waals surface area contributed by atoms with Crippen LogP contribution < -0.4 is 5.32 Å². The van der Waals surface area contributed by atoms with Crippen LogP contribution in [0.25, 0.3) is 10.8 Å². The lowest BCUT2D eigenvalue weighted by molar-refractivity contribution is -0.142. The van der Waals surface area contributed by atoms with Gasteiger partial charge in [0.1, 0.15) is 0 Å². The van der Waals surface area contributed by atoms with Gasteiger partial charge in [0, 0.05) is 25.9 Å². The van der Waals surface area contributed by atoms with Crippen molar-refractivity contribution in [3.63, 3.8) is 0 Å². The van der Waals surface area contributed by atoms with E-state index in [2.05, 4.69) is 5.32 Å². The zero-order valence-electron chi connectivity index (χ0n) is 15.8. The fourth-order valence-corrected chi connectivity index (χ4v) is 3.04. The molecule has 0 aliphatic heterocycles. The molecule has 27 heavy (non-hydrogen) atoms. The van der Waals surface area contributed by atoms with Crippen LogP contribution >= 0.6 is 0 Å². The Bertz CT molecular complexity index is 815. The minimum atomic E-state index is -1.11. The van der Waals surface area contributed by atoms with Crippen LogP contribution in [0.15, 0.2) is 42.5 Å². The highest BCUT2D eigenvalue weighted by Gasteiger charge is 2.22. The number of hydrogen-bond acceptors (Lipinski definition) is 3. The highest BCUT2D eigenvalue weighted by Crippen LogP contribution is 2.21. The standard InChI is InChI=1S/C21H26N2O4/c1-3-23(4-2)19(25)11-7-10-18(24)22-20(21(26)27)17-13-12-15-8-5-6-9-16(15)14-17/h5-6,8-9,12-14,20H,3-4,7,10-11H2,1-2H3,(H,22,24)(H,26,27). The first-order valence-corrected chi connectivity index (χ1v) is 9.24. The smallest absolute Gasteiger partial charge is 0.330 e. The van der Waals surface area contributed by atoms with Crippen molar-refractivity contribution in [2.45, 2.75) is 39.2 Å². The Hall–Kier alpha value is -2.89. The van der Waals surface area contributed by atoms with E-state index in [1.165, 1.54) is 0 Å². The third-order valence-electron chi connectivity index (χ3n) is 4.57. The maximum atomic E-state index is 12.2. The van der Waals surface area contributed by atoms with Crippen LogP contribution in [0, 0.1) is 0 Å². The lowest BCUT2D eigenvalue weighted by Crippen LogP contribution is -2.34. The van der Waals surface area contributed by atoms with E-state index in [-0.39, 0.29) is 24.7 Å². The zero-order chi connectivity index (χ0) is 19.8. The summed E-state index contributed by atoms with van der Waals surface area (Å²) in [6.45, 7) is 5.11. The molecule has 0 saturated heterocycles. The summed E-state index contributed by atoms with van der Waals surface area (Å²) in [6, 6.07) is 11.9. The Morgan fingerprint density at radius 2 is 1.67 bits per heavy atom. The van der Waals surface area contributed by atoms with Gasteiger partial charge in [0.05, 0.1) is 0 Å². The topological polar surface area (TPSA) is 86.7 Å². The molecule has 1 atom stereocenters. The number of carboxylic acid groups (broad SMARTS) is 1. The minimum Gasteiger partial charge on any atom is -0.479 e. The molecule has 0 aromatic heterocycles. The molecule has 0 radical (unpaired) electrons. The van der Waals surface area contributed by atoms with Crippen molar-refractivity contribution in [2.75, 3.05) is 13.1 Å². The van der Waals surface area contributed by atoms with E-state index < -0.39 is 12.0 Å². The van der Waals surface area contributed by atoms with Crippen molar-refractivity contribution in [1.29, 1.82) is 0 Å². The fraction of sp³-hybridized carbons (Fsp3) is 0.381. The van der Waals surface area contributed by atoms with Gasteiger partial charge in [-0.05, 0) is 42.7 Å². The maximum Gasteiger partial charge on any atom is 0.330 e. The van der Waals surface area contributed by atoms with E-state index in [0.717, 1.165) is 10.8 Å². The summed E-state index contributed by atoms with van der Waals surface area (Å²) in [5, 5.41) is 14.0. The number of carbonyl (C=O) groups excluding carboxylic acids is 2. The monoisotopic (exact) mass is 370 g/mol. The number of benzene rings is 2. The van der Waals surface area contributed by atoms with Crippen LogP contribution in [0.2, 0.25) is 0 Å². The number of carbonyl (C=O) groups is 3. The van der Waals surface area contributed by atoms with Crippen LogP contribution in [0.1, 0.15) is 44.7 Å². The Kier molecular flexibility index (Phi) is 7.34. The van der Waals surface area contributed by atoms with E-state index in [1.54, 1.807) is 17.0 Å². The average Bonchev–Trinajstić information content (AvgIpc) is 2.66. The van der Waals surface area contributed by atoms with Crippen molar-refractivity contribution >= 4 is 28.6 Å². The SMILES string of the molecule is CCN(CC)C(=O)CCCC(=O)NC(C(=O)O)c1ccc2ccccc2c1. The number of amides is 2. The number of nitrogens with zero attached hydrogens (tertiary/aromatic N) is 1. The fourth-order valence-electron chi connectivity index (χ4n) is 3.04. The molecule has 1 unspecified atom stereocenters. The Balaban J connectivity index is 1.97. The van der Waals surface area contributed by atoms with Crippen molar-refractivity contribution in [2.24, 2.45) is 0 Å². The van der Waals surface area contributed by atoms with E-state index in [0.29, 0.717) is 25.1 Å². The summed E-state index contributed by atoms with van der Waals surface area (Å²) >= 11 is 0. The van der Waals surface area contributed by atoms with Crippen LogP contribution in [0.4, 0.5) is 0 Å². The predicted molar refractivity (Wildman–Crippen MR) is 104 cm³/mol. The highest BCUT2D eigenvalue weighted by atomic mass is 16.4. The Morgan fingerprint density at radius 1 is 1.00 bits per heavy atom. The van der Waals surface area contributed by atoms with E-state index in [1.807, 2.05) is 44.2 Å². The molecule has 2 rings (SSSR count). The second-order valence-corrected chi connectivity index (χ2v) is 6.36. The number of hydrogen-bond donors (Lipinski definition) is 2. The van der Waals surface area contributed by atoms with Gasteiger partial charge in [0.25, 0.3) is 0 Å². The number of nitrogens with one attached hydrogen (secondary N) is 1. The molecule has 0 fully saturated rings. The molecular weight excluding hydrogens is 344 g/mol. The molecule has 0 aliphatic rings. The van der Waals surface area contributed by atoms with E-state index in [9.17, 15) is 19.5 Å². The average molecular weight is 370 g/mol. The van der Waals surface area contributed by atoms with Gasteiger partial charge in [-0.1, -0.05) is 36.4 Å². The summed E-state index contributed by atoms with van der Waals surface area (Å²) < 4.78 is 0. The molecule has 2 aromatic carbocycles. The van der Waals surface area contributed by atoms with Crippen molar-refractivity contribution in [3.05, 3.63) is 48.0 Å². The largest absolute Gasteiger partial charge is 0.479 e. The van der Waals surface area contributed by atoms with Gasteiger partial charge in [-0.2, -0.15) is 0 Å². The van der Waals surface area contributed by atoms with Crippen LogP contribution in [0.3, 0.4) is 0 Å². The van der Waals surface area contributed by atoms with Gasteiger partial charge >= 0.3 is 5.97 Å². The molecule has 2 amide bonds. The van der Waals surface area contributed by atoms with Gasteiger partial charge in [0.15, 0.2) is 6.04 Å². The molecular formula is C21H26N2O4. The molecule has 6 heteroatoms. The number of rotatable bonds is 9. The third-order valence-corrected chi connectivity index (χ3v) is 4.57. The van der Waals surface area contributed by atoms with Crippen LogP contribution in [-0.4, -0.2) is 40.9 Å². The van der Waals surface area contributed by atoms with Gasteiger partial charge < -0.3 is 15.3 Å². The molecule has 0 bridgehead atoms. The van der Waals surface area contributed by atoms with Crippen LogP contribution in [0.5, 0.6) is 0 Å². The van der Waals surface area contributed by atoms with E-state index in [4.69, 9.17) is 0 Å². The summed E-state index contributed by atoms with van der Waals surface area (Å²) in [4.78, 5) is 37.5. The quantitative estimate of drug-likeness (QED) is 0.710. The molecule has 2 aromatic rings. The first-order valence-electron chi connectivity index (χ1n) is 9.24.